The van der Waals surface area contributed by atoms with Gasteiger partial charge in [0.2, 0.25) is 5.78 Å². The van der Waals surface area contributed by atoms with E-state index in [1.807, 2.05) is 55.5 Å². The van der Waals surface area contributed by atoms with Crippen molar-refractivity contribution < 1.29 is 14.3 Å². The van der Waals surface area contributed by atoms with Gasteiger partial charge in [-0.15, -0.1) is 5.73 Å². The monoisotopic (exact) mass is 380 g/mol. The Balaban J connectivity index is 1.51. The Bertz CT molecular complexity index is 1200. The van der Waals surface area contributed by atoms with Crippen LogP contribution < -0.4 is 9.47 Å². The number of allylic oxidation sites excluding steroid dienone is 5. The quantitative estimate of drug-likeness (QED) is 0.378. The highest BCUT2D eigenvalue weighted by molar-refractivity contribution is 6.10. The number of hydrogen-bond donors (Lipinski definition) is 0. The highest BCUT2D eigenvalue weighted by atomic mass is 16.5. The van der Waals surface area contributed by atoms with Crippen molar-refractivity contribution in [2.75, 3.05) is 7.11 Å². The molecule has 29 heavy (non-hydrogen) atoms. The van der Waals surface area contributed by atoms with E-state index >= 15 is 0 Å². The van der Waals surface area contributed by atoms with Gasteiger partial charge in [-0.2, -0.15) is 0 Å². The van der Waals surface area contributed by atoms with Crippen LogP contribution >= 0.6 is 0 Å². The summed E-state index contributed by atoms with van der Waals surface area (Å²) in [6.45, 7) is 1.98. The van der Waals surface area contributed by atoms with Crippen molar-refractivity contribution >= 4 is 16.6 Å². The van der Waals surface area contributed by atoms with Crippen LogP contribution in [0.15, 0.2) is 102 Å². The van der Waals surface area contributed by atoms with Gasteiger partial charge in [0.05, 0.1) is 12.7 Å². The molecule has 142 valence electrons. The molecule has 0 spiro atoms. The molecule has 0 radical (unpaired) electrons. The summed E-state index contributed by atoms with van der Waals surface area (Å²) in [4.78, 5) is 12.7. The molecule has 0 fully saturated rings. The maximum atomic E-state index is 12.7. The summed E-state index contributed by atoms with van der Waals surface area (Å²) in [6, 6.07) is 19.0. The van der Waals surface area contributed by atoms with Gasteiger partial charge >= 0.3 is 0 Å². The Morgan fingerprint density at radius 2 is 1.48 bits per heavy atom. The normalized spacial score (nSPS) is 12.9. The molecular weight excluding hydrogens is 360 g/mol. The number of carbonyl (C=O) groups is 1. The van der Waals surface area contributed by atoms with Crippen molar-refractivity contribution in [3.8, 4) is 17.2 Å². The lowest BCUT2D eigenvalue weighted by atomic mass is 10.0. The lowest BCUT2D eigenvalue weighted by molar-refractivity contribution is 0.103. The number of fused-ring (bicyclic) bond motifs is 1. The predicted molar refractivity (Wildman–Crippen MR) is 116 cm³/mol. The Kier molecular flexibility index (Phi) is 5.15. The highest BCUT2D eigenvalue weighted by Crippen LogP contribution is 2.28. The van der Waals surface area contributed by atoms with Crippen molar-refractivity contribution in [1.29, 1.82) is 0 Å². The second kappa shape index (κ2) is 8.05. The van der Waals surface area contributed by atoms with Gasteiger partial charge in [0.1, 0.15) is 17.2 Å². The van der Waals surface area contributed by atoms with Crippen molar-refractivity contribution in [2.45, 2.75) is 6.92 Å². The van der Waals surface area contributed by atoms with E-state index in [0.717, 1.165) is 27.8 Å². The van der Waals surface area contributed by atoms with Crippen LogP contribution in [0.3, 0.4) is 0 Å². The van der Waals surface area contributed by atoms with E-state index in [1.165, 1.54) is 0 Å². The fourth-order valence-corrected chi connectivity index (χ4v) is 3.08. The molecule has 0 atom stereocenters. The van der Waals surface area contributed by atoms with Gasteiger partial charge in [-0.3, -0.25) is 4.79 Å². The number of ketones is 1. The summed E-state index contributed by atoms with van der Waals surface area (Å²) in [5.41, 5.74) is 5.25. The molecule has 0 unspecified atom stereocenters. The van der Waals surface area contributed by atoms with E-state index in [9.17, 15) is 4.79 Å². The van der Waals surface area contributed by atoms with E-state index < -0.39 is 0 Å². The van der Waals surface area contributed by atoms with Gasteiger partial charge in [0, 0.05) is 5.56 Å². The highest BCUT2D eigenvalue weighted by Gasteiger charge is 2.11. The van der Waals surface area contributed by atoms with E-state index in [0.29, 0.717) is 16.9 Å². The zero-order valence-corrected chi connectivity index (χ0v) is 16.3. The Labute approximate surface area is 169 Å². The van der Waals surface area contributed by atoms with Crippen molar-refractivity contribution in [3.05, 3.63) is 107 Å². The number of benzene rings is 3. The zero-order valence-electron chi connectivity index (χ0n) is 16.3. The van der Waals surface area contributed by atoms with Gasteiger partial charge in [0.25, 0.3) is 0 Å². The summed E-state index contributed by atoms with van der Waals surface area (Å²) >= 11 is 0. The van der Waals surface area contributed by atoms with Crippen LogP contribution in [0.2, 0.25) is 0 Å². The van der Waals surface area contributed by atoms with E-state index in [4.69, 9.17) is 9.47 Å². The van der Waals surface area contributed by atoms with E-state index in [2.05, 4.69) is 5.73 Å². The maximum Gasteiger partial charge on any atom is 0.200 e. The van der Waals surface area contributed by atoms with Gasteiger partial charge < -0.3 is 9.47 Å². The first kappa shape index (κ1) is 18.5. The minimum Gasteiger partial charge on any atom is -0.497 e. The molecule has 1 aliphatic carbocycles. The number of carbonyl (C=O) groups excluding carboxylic acids is 1. The van der Waals surface area contributed by atoms with Gasteiger partial charge in [-0.1, -0.05) is 29.9 Å². The molecule has 3 heteroatoms. The second-order valence-electron chi connectivity index (χ2n) is 6.80. The second-order valence-corrected chi connectivity index (χ2v) is 6.80. The minimum absolute atomic E-state index is 0.0631. The molecular formula is C26H20O3. The maximum absolute atomic E-state index is 12.7. The van der Waals surface area contributed by atoms with E-state index in [1.54, 1.807) is 43.5 Å². The van der Waals surface area contributed by atoms with Gasteiger partial charge in [-0.05, 0) is 78.4 Å². The Morgan fingerprint density at radius 3 is 2.21 bits per heavy atom. The fourth-order valence-electron chi connectivity index (χ4n) is 3.08. The molecule has 0 bridgehead atoms. The predicted octanol–water partition coefficient (Wildman–Crippen LogP) is 6.42. The summed E-state index contributed by atoms with van der Waals surface area (Å²) in [7, 11) is 1.66. The molecule has 0 saturated heterocycles. The molecule has 3 aromatic carbocycles. The lowest BCUT2D eigenvalue weighted by Gasteiger charge is -2.08. The van der Waals surface area contributed by atoms with Crippen LogP contribution in [-0.2, 0) is 0 Å². The molecule has 0 aliphatic heterocycles. The largest absolute Gasteiger partial charge is 0.497 e. The van der Waals surface area contributed by atoms with Crippen LogP contribution in [0.25, 0.3) is 10.8 Å². The topological polar surface area (TPSA) is 35.5 Å². The van der Waals surface area contributed by atoms with Crippen LogP contribution in [0.4, 0.5) is 0 Å². The molecule has 0 N–H and O–H groups in total. The number of methoxy groups -OCH3 is 1. The third-order valence-corrected chi connectivity index (χ3v) is 4.71. The molecule has 0 aromatic heterocycles. The Morgan fingerprint density at radius 1 is 0.828 bits per heavy atom. The van der Waals surface area contributed by atoms with Crippen molar-refractivity contribution in [1.82, 2.24) is 0 Å². The van der Waals surface area contributed by atoms with Crippen molar-refractivity contribution in [3.63, 3.8) is 0 Å². The molecule has 0 heterocycles. The summed E-state index contributed by atoms with van der Waals surface area (Å²) in [5, 5.41) is 2.15. The molecule has 4 rings (SSSR count). The average molecular weight is 380 g/mol. The first-order chi connectivity index (χ1) is 14.1. The van der Waals surface area contributed by atoms with Crippen LogP contribution in [0.5, 0.6) is 17.2 Å². The standard InChI is InChI=1S/C26H20O3/c1-18-4-3-5-19(7-6-18)26(27)20-8-12-23(13-9-20)29-25-15-11-21-16-24(28-2)14-10-22(21)17-25/h3-4,6-17H,1-2H3. The molecule has 1 aliphatic rings. The molecule has 0 saturated carbocycles. The number of Topliss-reactive ketones (excluding diaryl/α,β-unsaturated/α-hetero) is 1. The van der Waals surface area contributed by atoms with Crippen molar-refractivity contribution in [2.24, 2.45) is 0 Å². The summed E-state index contributed by atoms with van der Waals surface area (Å²) in [6.07, 6.45) is 7.41. The average Bonchev–Trinajstić information content (AvgIpc) is 2.98. The fraction of sp³-hybridized carbons (Fsp3) is 0.0769. The molecule has 0 amide bonds. The smallest absolute Gasteiger partial charge is 0.200 e. The van der Waals surface area contributed by atoms with Crippen LogP contribution in [0.1, 0.15) is 17.3 Å². The van der Waals surface area contributed by atoms with Crippen LogP contribution in [0, 0.1) is 0 Å². The number of rotatable bonds is 5. The first-order valence-corrected chi connectivity index (χ1v) is 9.34. The third kappa shape index (κ3) is 4.21. The minimum atomic E-state index is -0.0631. The SMILES string of the molecule is COc1ccc2cc(Oc3ccc(C(=O)C4=C=CC=C(C)C=C4)cc3)ccc2c1. The first-order valence-electron chi connectivity index (χ1n) is 9.34. The number of hydrogen-bond acceptors (Lipinski definition) is 3. The molecule has 3 nitrogen and oxygen atoms in total. The van der Waals surface area contributed by atoms with E-state index in [-0.39, 0.29) is 5.78 Å². The van der Waals surface area contributed by atoms with Crippen LogP contribution in [-0.4, -0.2) is 12.9 Å². The number of ether oxygens (including phenoxy) is 2. The van der Waals surface area contributed by atoms with Gasteiger partial charge in [-0.25, -0.2) is 0 Å². The Hall–Kier alpha value is -3.81. The lowest BCUT2D eigenvalue weighted by Crippen LogP contribution is -2.00. The summed E-state index contributed by atoms with van der Waals surface area (Å²) < 4.78 is 11.2. The molecule has 3 aromatic rings. The summed E-state index contributed by atoms with van der Waals surface area (Å²) in [5.74, 6) is 2.17. The third-order valence-electron chi connectivity index (χ3n) is 4.71. The van der Waals surface area contributed by atoms with Gasteiger partial charge in [0.15, 0.2) is 0 Å². The zero-order chi connectivity index (χ0) is 20.2.